The number of nitrogens with one attached hydrogen (secondary N) is 1. The Bertz CT molecular complexity index is 429. The topological polar surface area (TPSA) is 48.5 Å². The molecule has 1 aromatic heterocycles. The molecule has 0 unspecified atom stereocenters. The fraction of sp³-hybridized carbons (Fsp3) is 0.273. The Morgan fingerprint density at radius 1 is 1.60 bits per heavy atom. The largest absolute Gasteiger partial charge is 0.362 e. The molecular formula is C11H13N3O. The fourth-order valence-electron chi connectivity index (χ4n) is 1.62. The Morgan fingerprint density at radius 2 is 2.40 bits per heavy atom. The lowest BCUT2D eigenvalue weighted by atomic mass is 10.3. The molecule has 1 aliphatic heterocycles. The van der Waals surface area contributed by atoms with Crippen LogP contribution in [0.25, 0.3) is 6.08 Å². The van der Waals surface area contributed by atoms with E-state index >= 15 is 0 Å². The molecule has 1 aliphatic rings. The number of H-pyrrole nitrogens is 1. The van der Waals surface area contributed by atoms with E-state index in [1.165, 1.54) is 0 Å². The minimum Gasteiger partial charge on any atom is -0.362 e. The summed E-state index contributed by atoms with van der Waals surface area (Å²) in [7, 11) is 0. The molecule has 0 saturated heterocycles. The first-order valence-electron chi connectivity index (χ1n) is 4.94. The molecule has 0 saturated carbocycles. The van der Waals surface area contributed by atoms with E-state index < -0.39 is 0 Å². The van der Waals surface area contributed by atoms with Crippen molar-refractivity contribution in [3.05, 3.63) is 29.7 Å². The number of carbonyl (C=O) groups is 1. The number of carbonyl (C=O) groups excluding carboxylic acids is 1. The highest BCUT2D eigenvalue weighted by Gasteiger charge is 2.25. The Hall–Kier alpha value is -1.84. The number of amides is 1. The molecule has 78 valence electrons. The molecule has 0 bridgehead atoms. The molecule has 2 rings (SSSR count). The van der Waals surface area contributed by atoms with Gasteiger partial charge in [-0.25, -0.2) is 4.99 Å². The number of hydrogen-bond acceptors (Lipinski definition) is 2. The monoisotopic (exact) mass is 203 g/mol. The lowest BCUT2D eigenvalue weighted by Crippen LogP contribution is -2.29. The molecule has 0 radical (unpaired) electrons. The zero-order valence-corrected chi connectivity index (χ0v) is 8.82. The number of aliphatic imine (C=N–C) groups is 1. The van der Waals surface area contributed by atoms with E-state index in [-0.39, 0.29) is 5.91 Å². The van der Waals surface area contributed by atoms with Crippen molar-refractivity contribution in [3.63, 3.8) is 0 Å². The summed E-state index contributed by atoms with van der Waals surface area (Å²) in [6, 6.07) is 3.79. The van der Waals surface area contributed by atoms with Gasteiger partial charge >= 0.3 is 0 Å². The number of amidine groups is 1. The summed E-state index contributed by atoms with van der Waals surface area (Å²) in [5.74, 6) is 0.741. The zero-order chi connectivity index (χ0) is 10.8. The zero-order valence-electron chi connectivity index (χ0n) is 8.82. The maximum Gasteiger partial charge on any atom is 0.277 e. The molecule has 0 aromatic carbocycles. The highest BCUT2D eigenvalue weighted by atomic mass is 16.2. The minimum atomic E-state index is -0.0235. The summed E-state index contributed by atoms with van der Waals surface area (Å²) in [5, 5.41) is 0. The van der Waals surface area contributed by atoms with Gasteiger partial charge in [0.1, 0.15) is 11.5 Å². The molecule has 4 heteroatoms. The molecule has 2 heterocycles. The van der Waals surface area contributed by atoms with Crippen molar-refractivity contribution in [3.8, 4) is 0 Å². The number of aromatic nitrogens is 1. The minimum absolute atomic E-state index is 0.0235. The molecule has 1 N–H and O–H groups in total. The van der Waals surface area contributed by atoms with E-state index in [0.717, 1.165) is 11.5 Å². The number of nitrogens with zero attached hydrogens (tertiary/aromatic N) is 2. The standard InChI is InChI=1S/C11H13N3O/c1-3-14-8(2)13-10(11(14)15)7-9-5-4-6-12-9/h4-7,12H,3H2,1-2H3/b10-7-. The summed E-state index contributed by atoms with van der Waals surface area (Å²) in [5.41, 5.74) is 1.39. The van der Waals surface area contributed by atoms with Crippen molar-refractivity contribution in [2.24, 2.45) is 4.99 Å². The fourth-order valence-corrected chi connectivity index (χ4v) is 1.62. The number of likely N-dealkylation sites (N-methyl/N-ethyl adjacent to an activating group) is 1. The summed E-state index contributed by atoms with van der Waals surface area (Å²) in [6.07, 6.45) is 3.58. The first-order valence-corrected chi connectivity index (χ1v) is 4.94. The van der Waals surface area contributed by atoms with Gasteiger partial charge in [0.05, 0.1) is 0 Å². The Kier molecular flexibility index (Phi) is 2.41. The molecule has 4 nitrogen and oxygen atoms in total. The van der Waals surface area contributed by atoms with Gasteiger partial charge in [0.15, 0.2) is 0 Å². The average Bonchev–Trinajstić information content (AvgIpc) is 2.78. The van der Waals surface area contributed by atoms with Crippen LogP contribution in [-0.4, -0.2) is 28.2 Å². The first kappa shape index (κ1) is 9.71. The van der Waals surface area contributed by atoms with Gasteiger partial charge in [0.2, 0.25) is 0 Å². The highest BCUT2D eigenvalue weighted by molar-refractivity contribution is 6.13. The first-order chi connectivity index (χ1) is 7.22. The van der Waals surface area contributed by atoms with Crippen LogP contribution >= 0.6 is 0 Å². The van der Waals surface area contributed by atoms with Gasteiger partial charge in [-0.1, -0.05) is 0 Å². The lowest BCUT2D eigenvalue weighted by molar-refractivity contribution is -0.122. The van der Waals surface area contributed by atoms with E-state index in [1.54, 1.807) is 11.0 Å². The van der Waals surface area contributed by atoms with Crippen LogP contribution in [0.2, 0.25) is 0 Å². The van der Waals surface area contributed by atoms with Crippen LogP contribution in [-0.2, 0) is 4.79 Å². The number of hydrogen-bond donors (Lipinski definition) is 1. The van der Waals surface area contributed by atoms with Gasteiger partial charge in [-0.05, 0) is 32.1 Å². The van der Waals surface area contributed by atoms with E-state index in [1.807, 2.05) is 32.2 Å². The van der Waals surface area contributed by atoms with E-state index in [2.05, 4.69) is 9.98 Å². The third-order valence-corrected chi connectivity index (χ3v) is 2.37. The van der Waals surface area contributed by atoms with Crippen LogP contribution in [0, 0.1) is 0 Å². The van der Waals surface area contributed by atoms with Gasteiger partial charge in [0, 0.05) is 18.4 Å². The van der Waals surface area contributed by atoms with Crippen molar-refractivity contribution in [2.75, 3.05) is 6.54 Å². The molecule has 1 aromatic rings. The summed E-state index contributed by atoms with van der Waals surface area (Å²) in [6.45, 7) is 4.45. The van der Waals surface area contributed by atoms with Crippen LogP contribution in [0.3, 0.4) is 0 Å². The smallest absolute Gasteiger partial charge is 0.277 e. The van der Waals surface area contributed by atoms with Crippen molar-refractivity contribution >= 4 is 17.8 Å². The third-order valence-electron chi connectivity index (χ3n) is 2.37. The van der Waals surface area contributed by atoms with Crippen molar-refractivity contribution < 1.29 is 4.79 Å². The van der Waals surface area contributed by atoms with Gasteiger partial charge in [0.25, 0.3) is 5.91 Å². The SMILES string of the molecule is CCN1C(=O)/C(=C/c2ccc[nH]2)N=C1C. The normalized spacial score (nSPS) is 18.8. The predicted octanol–water partition coefficient (Wildman–Crippen LogP) is 1.64. The van der Waals surface area contributed by atoms with Crippen LogP contribution in [0.4, 0.5) is 0 Å². The van der Waals surface area contributed by atoms with Crippen LogP contribution < -0.4 is 0 Å². The van der Waals surface area contributed by atoms with Crippen molar-refractivity contribution in [1.29, 1.82) is 0 Å². The number of aromatic amines is 1. The second-order valence-corrected chi connectivity index (χ2v) is 3.36. The van der Waals surface area contributed by atoms with Gasteiger partial charge in [-0.15, -0.1) is 0 Å². The summed E-state index contributed by atoms with van der Waals surface area (Å²) in [4.78, 5) is 20.7. The predicted molar refractivity (Wildman–Crippen MR) is 59.3 cm³/mol. The van der Waals surface area contributed by atoms with E-state index in [9.17, 15) is 4.79 Å². The second kappa shape index (κ2) is 3.73. The van der Waals surface area contributed by atoms with Gasteiger partial charge in [-0.3, -0.25) is 9.69 Å². The Labute approximate surface area is 88.3 Å². The molecular weight excluding hydrogens is 190 g/mol. The van der Waals surface area contributed by atoms with Gasteiger partial charge < -0.3 is 4.98 Å². The van der Waals surface area contributed by atoms with Gasteiger partial charge in [-0.2, -0.15) is 0 Å². The van der Waals surface area contributed by atoms with Crippen molar-refractivity contribution in [1.82, 2.24) is 9.88 Å². The number of rotatable bonds is 2. The Balaban J connectivity index is 2.30. The van der Waals surface area contributed by atoms with E-state index in [0.29, 0.717) is 12.2 Å². The highest BCUT2D eigenvalue weighted by Crippen LogP contribution is 2.16. The van der Waals surface area contributed by atoms with Crippen molar-refractivity contribution in [2.45, 2.75) is 13.8 Å². The summed E-state index contributed by atoms with van der Waals surface area (Å²) >= 11 is 0. The maximum atomic E-state index is 11.8. The molecule has 15 heavy (non-hydrogen) atoms. The van der Waals surface area contributed by atoms with Crippen LogP contribution in [0.5, 0.6) is 0 Å². The molecule has 1 amide bonds. The second-order valence-electron chi connectivity index (χ2n) is 3.36. The van der Waals surface area contributed by atoms with E-state index in [4.69, 9.17) is 0 Å². The Morgan fingerprint density at radius 3 is 2.93 bits per heavy atom. The summed E-state index contributed by atoms with van der Waals surface area (Å²) < 4.78 is 0. The third kappa shape index (κ3) is 1.70. The molecule has 0 spiro atoms. The molecule has 0 aliphatic carbocycles. The molecule has 0 atom stereocenters. The average molecular weight is 203 g/mol. The van der Waals surface area contributed by atoms with Crippen LogP contribution in [0.15, 0.2) is 29.0 Å². The lowest BCUT2D eigenvalue weighted by Gasteiger charge is -2.11. The van der Waals surface area contributed by atoms with Crippen LogP contribution in [0.1, 0.15) is 19.5 Å². The quantitative estimate of drug-likeness (QED) is 0.730. The maximum absolute atomic E-state index is 11.8. The molecule has 0 fully saturated rings.